The van der Waals surface area contributed by atoms with Crippen molar-refractivity contribution in [3.63, 3.8) is 0 Å². The van der Waals surface area contributed by atoms with Crippen molar-refractivity contribution >= 4 is 5.91 Å². The molecular weight excluding hydrogens is 318 g/mol. The van der Waals surface area contributed by atoms with Crippen LogP contribution in [0, 0.1) is 0 Å². The fourth-order valence-corrected chi connectivity index (χ4v) is 3.97. The van der Waals surface area contributed by atoms with Gasteiger partial charge in [-0.25, -0.2) is 0 Å². The number of unbranched alkanes of at least 4 members (excludes halogenated alkanes) is 6. The summed E-state index contributed by atoms with van der Waals surface area (Å²) in [6.07, 6.45) is 13.0. The molecule has 1 heterocycles. The Morgan fingerprint density at radius 3 is 2.36 bits per heavy atom. The van der Waals surface area contributed by atoms with Gasteiger partial charge in [0.2, 0.25) is 5.91 Å². The smallest absolute Gasteiger partial charge is 0.225 e. The number of carbonyl (C=O) groups excluding carboxylic acids is 1. The fraction of sp³-hybridized carbons (Fsp3) is 0.950. The van der Waals surface area contributed by atoms with Gasteiger partial charge in [-0.1, -0.05) is 58.3 Å². The van der Waals surface area contributed by atoms with Gasteiger partial charge < -0.3 is 19.9 Å². The second-order valence-corrected chi connectivity index (χ2v) is 7.68. The van der Waals surface area contributed by atoms with Crippen LogP contribution in [0.2, 0.25) is 0 Å². The van der Waals surface area contributed by atoms with Crippen molar-refractivity contribution in [2.75, 3.05) is 13.2 Å². The van der Waals surface area contributed by atoms with E-state index in [4.69, 9.17) is 9.47 Å². The van der Waals surface area contributed by atoms with Crippen LogP contribution in [-0.2, 0) is 14.3 Å². The number of hydrogen-bond acceptors (Lipinski definition) is 4. The molecule has 25 heavy (non-hydrogen) atoms. The molecule has 5 heteroatoms. The summed E-state index contributed by atoms with van der Waals surface area (Å²) in [5.74, 6) is -0.802. The van der Waals surface area contributed by atoms with Crippen LogP contribution in [0.4, 0.5) is 0 Å². The van der Waals surface area contributed by atoms with Crippen LogP contribution >= 0.6 is 0 Å². The largest absolute Gasteiger partial charge is 0.391 e. The molecule has 0 aromatic rings. The van der Waals surface area contributed by atoms with Crippen LogP contribution in [0.15, 0.2) is 0 Å². The minimum Gasteiger partial charge on any atom is -0.391 e. The van der Waals surface area contributed by atoms with Crippen LogP contribution in [-0.4, -0.2) is 42.2 Å². The second-order valence-electron chi connectivity index (χ2n) is 7.68. The number of rotatable bonds is 11. The molecule has 1 aliphatic heterocycles. The summed E-state index contributed by atoms with van der Waals surface area (Å²) in [6, 6.07) is -0.113. The van der Waals surface area contributed by atoms with Gasteiger partial charge in [-0.2, -0.15) is 0 Å². The highest BCUT2D eigenvalue weighted by Gasteiger charge is 2.39. The van der Waals surface area contributed by atoms with Gasteiger partial charge in [0.05, 0.1) is 31.8 Å². The van der Waals surface area contributed by atoms with E-state index in [1.807, 2.05) is 0 Å². The molecule has 0 unspecified atom stereocenters. The minimum absolute atomic E-state index is 0.0594. The first-order chi connectivity index (χ1) is 12.2. The molecule has 2 fully saturated rings. The average Bonchev–Trinajstić information content (AvgIpc) is 3.04. The number of aliphatic hydroxyl groups is 1. The lowest BCUT2D eigenvalue weighted by Crippen LogP contribution is -2.47. The van der Waals surface area contributed by atoms with E-state index in [1.54, 1.807) is 0 Å². The third kappa shape index (κ3) is 7.24. The first-order valence-corrected chi connectivity index (χ1v) is 10.4. The zero-order valence-electron chi connectivity index (χ0n) is 15.9. The van der Waals surface area contributed by atoms with Gasteiger partial charge in [0.1, 0.15) is 0 Å². The highest BCUT2D eigenvalue weighted by Crippen LogP contribution is 2.30. The summed E-state index contributed by atoms with van der Waals surface area (Å²) in [7, 11) is 0. The zero-order chi connectivity index (χ0) is 18.0. The Balaban J connectivity index is 1.70. The topological polar surface area (TPSA) is 67.8 Å². The van der Waals surface area contributed by atoms with Crippen LogP contribution in [0.1, 0.15) is 90.4 Å². The van der Waals surface area contributed by atoms with Crippen LogP contribution in [0.25, 0.3) is 0 Å². The van der Waals surface area contributed by atoms with E-state index < -0.39 is 11.9 Å². The molecule has 1 saturated heterocycles. The molecule has 1 amide bonds. The van der Waals surface area contributed by atoms with E-state index in [0.717, 1.165) is 38.5 Å². The Labute approximate surface area is 152 Å². The lowest BCUT2D eigenvalue weighted by Gasteiger charge is -2.31. The molecule has 0 radical (unpaired) electrons. The van der Waals surface area contributed by atoms with Crippen molar-refractivity contribution in [3.05, 3.63) is 0 Å². The van der Waals surface area contributed by atoms with Crippen molar-refractivity contribution in [1.82, 2.24) is 5.32 Å². The molecule has 0 bridgehead atoms. The monoisotopic (exact) mass is 355 g/mol. The molecule has 2 atom stereocenters. The van der Waals surface area contributed by atoms with Gasteiger partial charge in [0.15, 0.2) is 5.79 Å². The van der Waals surface area contributed by atoms with E-state index in [0.29, 0.717) is 13.2 Å². The maximum Gasteiger partial charge on any atom is 0.225 e. The first kappa shape index (κ1) is 20.7. The highest BCUT2D eigenvalue weighted by molar-refractivity contribution is 5.77. The minimum atomic E-state index is -0.743. The Kier molecular flexibility index (Phi) is 9.21. The summed E-state index contributed by atoms with van der Waals surface area (Å²) in [4.78, 5) is 12.4. The predicted octanol–water partition coefficient (Wildman–Crippen LogP) is 3.68. The number of nitrogens with one attached hydrogen (secondary N) is 1. The SMILES string of the molecule is CCCCCCCCCC1(CC(=O)N[C@H]2CCCC[C@@H]2O)OCCO1. The molecule has 0 aromatic heterocycles. The average molecular weight is 356 g/mol. The second kappa shape index (κ2) is 11.1. The highest BCUT2D eigenvalue weighted by atomic mass is 16.7. The van der Waals surface area contributed by atoms with E-state index in [9.17, 15) is 9.90 Å². The standard InChI is InChI=1S/C20H37NO4/c1-2-3-4-5-6-7-10-13-20(24-14-15-25-20)16-19(23)21-17-11-8-9-12-18(17)22/h17-18,22H,2-16H2,1H3,(H,21,23)/t17-,18-/m0/s1. The van der Waals surface area contributed by atoms with E-state index in [1.165, 1.54) is 38.5 Å². The van der Waals surface area contributed by atoms with E-state index in [-0.39, 0.29) is 18.4 Å². The molecule has 0 spiro atoms. The van der Waals surface area contributed by atoms with Crippen molar-refractivity contribution < 1.29 is 19.4 Å². The summed E-state index contributed by atoms with van der Waals surface area (Å²) in [5, 5.41) is 13.0. The molecule has 2 aliphatic rings. The lowest BCUT2D eigenvalue weighted by molar-refractivity contribution is -0.175. The van der Waals surface area contributed by atoms with Crippen molar-refractivity contribution in [1.29, 1.82) is 0 Å². The normalized spacial score (nSPS) is 25.8. The zero-order valence-corrected chi connectivity index (χ0v) is 15.9. The fourth-order valence-electron chi connectivity index (χ4n) is 3.97. The molecule has 146 valence electrons. The summed E-state index contributed by atoms with van der Waals surface area (Å²) in [5.41, 5.74) is 0. The van der Waals surface area contributed by atoms with Crippen molar-refractivity contribution in [2.45, 2.75) is 108 Å². The van der Waals surface area contributed by atoms with Crippen molar-refractivity contribution in [2.24, 2.45) is 0 Å². The predicted molar refractivity (Wildman–Crippen MR) is 98.3 cm³/mol. The van der Waals surface area contributed by atoms with Crippen molar-refractivity contribution in [3.8, 4) is 0 Å². The Morgan fingerprint density at radius 2 is 1.68 bits per heavy atom. The third-order valence-electron chi connectivity index (χ3n) is 5.48. The summed E-state index contributed by atoms with van der Waals surface area (Å²) < 4.78 is 11.7. The summed E-state index contributed by atoms with van der Waals surface area (Å²) >= 11 is 0. The number of aliphatic hydroxyl groups excluding tert-OH is 1. The molecule has 1 aliphatic carbocycles. The molecule has 0 aromatic carbocycles. The molecule has 1 saturated carbocycles. The Bertz CT molecular complexity index is 382. The summed E-state index contributed by atoms with van der Waals surface area (Å²) in [6.45, 7) is 3.36. The Morgan fingerprint density at radius 1 is 1.04 bits per heavy atom. The van der Waals surface area contributed by atoms with Crippen LogP contribution in [0.3, 0.4) is 0 Å². The number of amides is 1. The van der Waals surface area contributed by atoms with E-state index in [2.05, 4.69) is 12.2 Å². The van der Waals surface area contributed by atoms with Crippen LogP contribution in [0.5, 0.6) is 0 Å². The van der Waals surface area contributed by atoms with Gasteiger partial charge in [0, 0.05) is 6.42 Å². The first-order valence-electron chi connectivity index (χ1n) is 10.4. The maximum atomic E-state index is 12.4. The number of ether oxygens (including phenoxy) is 2. The Hall–Kier alpha value is -0.650. The quantitative estimate of drug-likeness (QED) is 0.555. The van der Waals surface area contributed by atoms with Gasteiger partial charge in [-0.15, -0.1) is 0 Å². The van der Waals surface area contributed by atoms with Gasteiger partial charge >= 0.3 is 0 Å². The van der Waals surface area contributed by atoms with Crippen LogP contribution < -0.4 is 5.32 Å². The van der Waals surface area contributed by atoms with Gasteiger partial charge in [-0.05, 0) is 19.3 Å². The molecule has 2 N–H and O–H groups in total. The van der Waals surface area contributed by atoms with Gasteiger partial charge in [-0.3, -0.25) is 4.79 Å². The third-order valence-corrected chi connectivity index (χ3v) is 5.48. The maximum absolute atomic E-state index is 12.4. The number of hydrogen-bond donors (Lipinski definition) is 2. The number of carbonyl (C=O) groups is 1. The molecular formula is C20H37NO4. The van der Waals surface area contributed by atoms with Gasteiger partial charge in [0.25, 0.3) is 0 Å². The van der Waals surface area contributed by atoms with E-state index >= 15 is 0 Å². The molecule has 2 rings (SSSR count). The molecule has 5 nitrogen and oxygen atoms in total. The lowest BCUT2D eigenvalue weighted by atomic mass is 9.92.